The van der Waals surface area contributed by atoms with Crippen LogP contribution < -0.4 is 0 Å². The van der Waals surface area contributed by atoms with Gasteiger partial charge in [0.05, 0.1) is 13.2 Å². The molecule has 0 fully saturated rings. The fourth-order valence-electron chi connectivity index (χ4n) is 0.913. The van der Waals surface area contributed by atoms with Crippen LogP contribution in [-0.2, 0) is 23.9 Å². The maximum atomic E-state index is 10.4. The molecule has 0 radical (unpaired) electrons. The molecular weight excluding hydrogens is 264 g/mol. The molecule has 6 nitrogen and oxygen atoms in total. The first-order valence-electron chi connectivity index (χ1n) is 6.34. The summed E-state index contributed by atoms with van der Waals surface area (Å²) in [5.41, 5.74) is 0. The second-order valence-corrected chi connectivity index (χ2v) is 3.50. The van der Waals surface area contributed by atoms with Crippen molar-refractivity contribution in [3.05, 3.63) is 24.8 Å². The number of aliphatic carboxylic acids is 1. The Morgan fingerprint density at radius 1 is 1.05 bits per heavy atom. The van der Waals surface area contributed by atoms with Gasteiger partial charge >= 0.3 is 17.9 Å². The number of carbonyl (C=O) groups is 3. The van der Waals surface area contributed by atoms with Crippen LogP contribution in [0, 0.1) is 0 Å². The number of hydrogen-bond donors (Lipinski definition) is 1. The van der Waals surface area contributed by atoms with Gasteiger partial charge in [0, 0.05) is 18.2 Å². The topological polar surface area (TPSA) is 89.9 Å². The summed E-state index contributed by atoms with van der Waals surface area (Å²) in [6.45, 7) is 7.82. The van der Waals surface area contributed by atoms with Crippen molar-refractivity contribution in [3.8, 4) is 0 Å². The van der Waals surface area contributed by atoms with E-state index in [2.05, 4.69) is 18.2 Å². The van der Waals surface area contributed by atoms with Crippen molar-refractivity contribution < 1.29 is 29.0 Å². The minimum absolute atomic E-state index is 0.253. The van der Waals surface area contributed by atoms with E-state index >= 15 is 0 Å². The smallest absolute Gasteiger partial charge is 0.330 e. The standard InChI is InChI=1S/C8H14O2.C6H8O4/c1-3-5-6-7-10-8(9)4-2;1-2-10-6(9)4-3-5(7)8/h4H,2-3,5-7H2,1H3;3-4H,2H2,1H3,(H,7,8)/b;4-3-. The van der Waals surface area contributed by atoms with Crippen LogP contribution in [0.1, 0.15) is 33.1 Å². The highest BCUT2D eigenvalue weighted by Gasteiger charge is 1.94. The van der Waals surface area contributed by atoms with Gasteiger partial charge in [-0.2, -0.15) is 0 Å². The van der Waals surface area contributed by atoms with Crippen LogP contribution in [0.25, 0.3) is 0 Å². The molecule has 114 valence electrons. The zero-order chi connectivity index (χ0) is 15.8. The minimum atomic E-state index is -1.16. The van der Waals surface area contributed by atoms with Crippen molar-refractivity contribution in [2.24, 2.45) is 0 Å². The Kier molecular flexibility index (Phi) is 15.1. The summed E-state index contributed by atoms with van der Waals surface area (Å²) in [6.07, 6.45) is 6.00. The van der Waals surface area contributed by atoms with Crippen LogP contribution in [0.3, 0.4) is 0 Å². The molecule has 0 amide bonds. The van der Waals surface area contributed by atoms with E-state index in [-0.39, 0.29) is 12.6 Å². The average Bonchev–Trinajstić information content (AvgIpc) is 2.42. The number of carboxylic acids is 1. The molecular formula is C14H22O6. The van der Waals surface area contributed by atoms with Crippen molar-refractivity contribution in [2.45, 2.75) is 33.1 Å². The monoisotopic (exact) mass is 286 g/mol. The molecule has 0 aliphatic rings. The summed E-state index contributed by atoms with van der Waals surface area (Å²) in [4.78, 5) is 30.6. The molecule has 0 aliphatic carbocycles. The Morgan fingerprint density at radius 3 is 2.15 bits per heavy atom. The average molecular weight is 286 g/mol. The lowest BCUT2D eigenvalue weighted by molar-refractivity contribution is -0.138. The predicted molar refractivity (Wildman–Crippen MR) is 74.1 cm³/mol. The summed E-state index contributed by atoms with van der Waals surface area (Å²) in [7, 11) is 0. The van der Waals surface area contributed by atoms with Gasteiger partial charge in [0.1, 0.15) is 0 Å². The van der Waals surface area contributed by atoms with Crippen molar-refractivity contribution in [2.75, 3.05) is 13.2 Å². The first kappa shape index (κ1) is 20.2. The van der Waals surface area contributed by atoms with Gasteiger partial charge in [0.2, 0.25) is 0 Å². The van der Waals surface area contributed by atoms with E-state index in [0.29, 0.717) is 6.61 Å². The van der Waals surface area contributed by atoms with E-state index in [0.717, 1.165) is 31.4 Å². The molecule has 0 saturated carbocycles. The molecule has 0 spiro atoms. The molecule has 0 heterocycles. The molecule has 0 bridgehead atoms. The van der Waals surface area contributed by atoms with Crippen LogP contribution in [-0.4, -0.2) is 36.2 Å². The van der Waals surface area contributed by atoms with Gasteiger partial charge in [0.25, 0.3) is 0 Å². The highest BCUT2D eigenvalue weighted by Crippen LogP contribution is 1.94. The molecule has 20 heavy (non-hydrogen) atoms. The lowest BCUT2D eigenvalue weighted by Crippen LogP contribution is -2.01. The largest absolute Gasteiger partial charge is 0.478 e. The van der Waals surface area contributed by atoms with Crippen LogP contribution in [0.4, 0.5) is 0 Å². The third kappa shape index (κ3) is 18.3. The number of carboxylic acid groups (broad SMARTS) is 1. The molecule has 1 N–H and O–H groups in total. The van der Waals surface area contributed by atoms with Crippen molar-refractivity contribution in [3.63, 3.8) is 0 Å². The van der Waals surface area contributed by atoms with Crippen molar-refractivity contribution >= 4 is 17.9 Å². The Bertz CT molecular complexity index is 333. The second kappa shape index (κ2) is 14.9. The Labute approximate surface area is 119 Å². The quantitative estimate of drug-likeness (QED) is 0.417. The first-order chi connectivity index (χ1) is 9.47. The number of ether oxygens (including phenoxy) is 2. The van der Waals surface area contributed by atoms with E-state index in [1.807, 2.05) is 0 Å². The zero-order valence-corrected chi connectivity index (χ0v) is 12.0. The van der Waals surface area contributed by atoms with Gasteiger partial charge in [-0.1, -0.05) is 26.3 Å². The lowest BCUT2D eigenvalue weighted by Gasteiger charge is -1.98. The highest BCUT2D eigenvalue weighted by molar-refractivity contribution is 5.90. The Hall–Kier alpha value is -2.11. The third-order valence-electron chi connectivity index (χ3n) is 1.81. The van der Waals surface area contributed by atoms with Crippen LogP contribution in [0.5, 0.6) is 0 Å². The summed E-state index contributed by atoms with van der Waals surface area (Å²) in [5.74, 6) is -2.12. The number of hydrogen-bond acceptors (Lipinski definition) is 5. The summed E-state index contributed by atoms with van der Waals surface area (Å²) in [6, 6.07) is 0. The molecule has 0 aliphatic heterocycles. The number of carbonyl (C=O) groups excluding carboxylic acids is 2. The minimum Gasteiger partial charge on any atom is -0.478 e. The SMILES string of the molecule is C=CC(=O)OCCCCC.CCOC(=O)/C=C\C(=O)O. The molecule has 0 aromatic heterocycles. The molecule has 0 aromatic carbocycles. The first-order valence-corrected chi connectivity index (χ1v) is 6.34. The highest BCUT2D eigenvalue weighted by atomic mass is 16.5. The van der Waals surface area contributed by atoms with Crippen molar-refractivity contribution in [1.29, 1.82) is 0 Å². The maximum absolute atomic E-state index is 10.4. The number of unbranched alkanes of at least 4 members (excludes halogenated alkanes) is 2. The van der Waals surface area contributed by atoms with E-state index in [1.165, 1.54) is 6.08 Å². The van der Waals surface area contributed by atoms with Gasteiger partial charge in [-0.3, -0.25) is 0 Å². The van der Waals surface area contributed by atoms with Gasteiger partial charge in [0.15, 0.2) is 0 Å². The lowest BCUT2D eigenvalue weighted by atomic mass is 10.3. The number of esters is 2. The van der Waals surface area contributed by atoms with Crippen LogP contribution in [0.2, 0.25) is 0 Å². The molecule has 0 aromatic rings. The molecule has 6 heteroatoms. The van der Waals surface area contributed by atoms with Gasteiger partial charge in [-0.15, -0.1) is 0 Å². The normalized spacial score (nSPS) is 9.30. The summed E-state index contributed by atoms with van der Waals surface area (Å²) in [5, 5.41) is 8.04. The van der Waals surface area contributed by atoms with Gasteiger partial charge in [-0.05, 0) is 13.3 Å². The summed E-state index contributed by atoms with van der Waals surface area (Å²) >= 11 is 0. The molecule has 0 saturated heterocycles. The maximum Gasteiger partial charge on any atom is 0.330 e. The van der Waals surface area contributed by atoms with Gasteiger partial charge in [-0.25, -0.2) is 14.4 Å². The molecule has 0 rings (SSSR count). The summed E-state index contributed by atoms with van der Waals surface area (Å²) < 4.78 is 9.14. The van der Waals surface area contributed by atoms with Gasteiger partial charge < -0.3 is 14.6 Å². The molecule has 0 unspecified atom stereocenters. The number of rotatable bonds is 8. The fraction of sp³-hybridized carbons (Fsp3) is 0.500. The molecule has 0 atom stereocenters. The fourth-order valence-corrected chi connectivity index (χ4v) is 0.913. The Morgan fingerprint density at radius 2 is 1.70 bits per heavy atom. The predicted octanol–water partition coefficient (Wildman–Crippen LogP) is 2.10. The van der Waals surface area contributed by atoms with E-state index in [9.17, 15) is 14.4 Å². The van der Waals surface area contributed by atoms with E-state index < -0.39 is 11.9 Å². The second-order valence-electron chi connectivity index (χ2n) is 3.50. The van der Waals surface area contributed by atoms with Crippen LogP contribution in [0.15, 0.2) is 24.8 Å². The zero-order valence-electron chi connectivity index (χ0n) is 12.0. The van der Waals surface area contributed by atoms with Crippen molar-refractivity contribution in [1.82, 2.24) is 0 Å². The van der Waals surface area contributed by atoms with E-state index in [1.54, 1.807) is 6.92 Å². The van der Waals surface area contributed by atoms with E-state index in [4.69, 9.17) is 9.84 Å². The van der Waals surface area contributed by atoms with Crippen LogP contribution >= 0.6 is 0 Å². The Balaban J connectivity index is 0. The third-order valence-corrected chi connectivity index (χ3v) is 1.81.